The van der Waals surface area contributed by atoms with Crippen LogP contribution in [0.5, 0.6) is 0 Å². The van der Waals surface area contributed by atoms with Gasteiger partial charge in [0, 0.05) is 13.1 Å². The SMILES string of the molecule is CC#CCOC1=NC(N2CCCC2)SN1. The van der Waals surface area contributed by atoms with Crippen LogP contribution in [0.2, 0.25) is 0 Å². The molecule has 0 bridgehead atoms. The van der Waals surface area contributed by atoms with E-state index >= 15 is 0 Å². The molecule has 0 spiro atoms. The van der Waals surface area contributed by atoms with Crippen LogP contribution >= 0.6 is 11.9 Å². The van der Waals surface area contributed by atoms with Crippen molar-refractivity contribution in [3.8, 4) is 11.8 Å². The molecular weight excluding hydrogens is 210 g/mol. The first-order valence-electron chi connectivity index (χ1n) is 5.16. The molecule has 0 aliphatic carbocycles. The van der Waals surface area contributed by atoms with E-state index in [9.17, 15) is 0 Å². The minimum atomic E-state index is 0.192. The Morgan fingerprint density at radius 3 is 3.13 bits per heavy atom. The van der Waals surface area contributed by atoms with Crippen molar-refractivity contribution in [2.24, 2.45) is 4.99 Å². The fourth-order valence-electron chi connectivity index (χ4n) is 1.62. The van der Waals surface area contributed by atoms with Gasteiger partial charge in [-0.15, -0.1) is 5.92 Å². The second kappa shape index (κ2) is 5.29. The molecule has 1 saturated heterocycles. The molecule has 0 radical (unpaired) electrons. The van der Waals surface area contributed by atoms with Crippen molar-refractivity contribution in [3.05, 3.63) is 0 Å². The lowest BCUT2D eigenvalue weighted by atomic mass is 10.4. The third-order valence-electron chi connectivity index (χ3n) is 2.39. The largest absolute Gasteiger partial charge is 0.451 e. The Hall–Kier alpha value is -0.860. The Kier molecular flexibility index (Phi) is 3.75. The predicted octanol–water partition coefficient (Wildman–Crippen LogP) is 1.01. The van der Waals surface area contributed by atoms with E-state index in [-0.39, 0.29) is 5.50 Å². The fraction of sp³-hybridized carbons (Fsp3) is 0.700. The van der Waals surface area contributed by atoms with Gasteiger partial charge in [0.05, 0.1) is 0 Å². The molecule has 1 unspecified atom stereocenters. The van der Waals surface area contributed by atoms with Crippen molar-refractivity contribution in [1.29, 1.82) is 0 Å². The molecule has 4 nitrogen and oxygen atoms in total. The summed E-state index contributed by atoms with van der Waals surface area (Å²) in [5, 5.41) is 0. The summed E-state index contributed by atoms with van der Waals surface area (Å²) >= 11 is 1.60. The standard InChI is InChI=1S/C10H15N3OS/c1-2-3-8-14-9-11-10(15-12-9)13-6-4-5-7-13/h10H,4-8H2,1H3,(H,11,12). The average molecular weight is 225 g/mol. The van der Waals surface area contributed by atoms with Gasteiger partial charge in [0.1, 0.15) is 0 Å². The number of aliphatic imine (C=N–C) groups is 1. The molecule has 1 N–H and O–H groups in total. The zero-order valence-electron chi connectivity index (χ0n) is 8.82. The van der Waals surface area contributed by atoms with Crippen LogP contribution < -0.4 is 4.72 Å². The summed E-state index contributed by atoms with van der Waals surface area (Å²) in [6, 6.07) is 0.611. The van der Waals surface area contributed by atoms with Crippen LogP contribution in [0.15, 0.2) is 4.99 Å². The molecule has 2 aliphatic heterocycles. The molecule has 1 fully saturated rings. The van der Waals surface area contributed by atoms with E-state index in [1.54, 1.807) is 18.9 Å². The summed E-state index contributed by atoms with van der Waals surface area (Å²) in [4.78, 5) is 6.81. The predicted molar refractivity (Wildman–Crippen MR) is 62.2 cm³/mol. The Labute approximate surface area is 94.6 Å². The van der Waals surface area contributed by atoms with E-state index in [2.05, 4.69) is 26.5 Å². The zero-order valence-corrected chi connectivity index (χ0v) is 9.64. The maximum absolute atomic E-state index is 5.35. The molecule has 0 aromatic heterocycles. The highest BCUT2D eigenvalue weighted by Gasteiger charge is 2.27. The van der Waals surface area contributed by atoms with Crippen molar-refractivity contribution in [2.75, 3.05) is 19.7 Å². The Morgan fingerprint density at radius 1 is 1.60 bits per heavy atom. The molecule has 82 valence electrons. The molecule has 2 heterocycles. The second-order valence-corrected chi connectivity index (χ2v) is 4.30. The van der Waals surface area contributed by atoms with Crippen molar-refractivity contribution in [2.45, 2.75) is 25.3 Å². The van der Waals surface area contributed by atoms with Gasteiger partial charge in [-0.1, -0.05) is 5.92 Å². The number of rotatable bonds is 2. The van der Waals surface area contributed by atoms with Gasteiger partial charge >= 0.3 is 0 Å². The van der Waals surface area contributed by atoms with E-state index in [0.717, 1.165) is 13.1 Å². The van der Waals surface area contributed by atoms with Gasteiger partial charge in [-0.3, -0.25) is 9.62 Å². The number of nitrogens with zero attached hydrogens (tertiary/aromatic N) is 2. The lowest BCUT2D eigenvalue weighted by Gasteiger charge is -2.17. The molecule has 0 amide bonds. The monoisotopic (exact) mass is 225 g/mol. The van der Waals surface area contributed by atoms with E-state index in [0.29, 0.717) is 12.6 Å². The topological polar surface area (TPSA) is 36.9 Å². The van der Waals surface area contributed by atoms with Crippen molar-refractivity contribution < 1.29 is 4.74 Å². The van der Waals surface area contributed by atoms with Gasteiger partial charge < -0.3 is 4.74 Å². The van der Waals surface area contributed by atoms with Crippen molar-refractivity contribution in [1.82, 2.24) is 9.62 Å². The molecule has 2 aliphatic rings. The summed E-state index contributed by atoms with van der Waals surface area (Å²) in [5.41, 5.74) is 0.192. The molecule has 0 aromatic carbocycles. The Balaban J connectivity index is 1.81. The minimum absolute atomic E-state index is 0.192. The molecule has 5 heteroatoms. The van der Waals surface area contributed by atoms with Crippen LogP contribution in [0.3, 0.4) is 0 Å². The van der Waals surface area contributed by atoms with Crippen LogP contribution in [-0.2, 0) is 4.74 Å². The van der Waals surface area contributed by atoms with Gasteiger partial charge in [0.2, 0.25) is 0 Å². The maximum Gasteiger partial charge on any atom is 0.298 e. The van der Waals surface area contributed by atoms with E-state index < -0.39 is 0 Å². The lowest BCUT2D eigenvalue weighted by molar-refractivity contribution is 0.312. The molecular formula is C10H15N3OS. The van der Waals surface area contributed by atoms with Crippen LogP contribution in [0, 0.1) is 11.8 Å². The highest BCUT2D eigenvalue weighted by Crippen LogP contribution is 2.23. The number of amidine groups is 1. The average Bonchev–Trinajstić information content (AvgIpc) is 2.87. The Morgan fingerprint density at radius 2 is 2.40 bits per heavy atom. The highest BCUT2D eigenvalue weighted by molar-refractivity contribution is 7.98. The second-order valence-electron chi connectivity index (χ2n) is 3.44. The van der Waals surface area contributed by atoms with Crippen molar-refractivity contribution in [3.63, 3.8) is 0 Å². The van der Waals surface area contributed by atoms with Crippen LogP contribution in [0.1, 0.15) is 19.8 Å². The summed E-state index contributed by atoms with van der Waals surface area (Å²) in [6.07, 6.45) is 2.56. The van der Waals surface area contributed by atoms with Gasteiger partial charge in [-0.05, 0) is 31.7 Å². The first-order valence-corrected chi connectivity index (χ1v) is 6.04. The lowest BCUT2D eigenvalue weighted by Crippen LogP contribution is -2.27. The fourth-order valence-corrected chi connectivity index (χ4v) is 2.44. The third kappa shape index (κ3) is 2.80. The van der Waals surface area contributed by atoms with E-state index in [1.807, 2.05) is 0 Å². The number of ether oxygens (including phenoxy) is 1. The number of likely N-dealkylation sites (tertiary alicyclic amines) is 1. The summed E-state index contributed by atoms with van der Waals surface area (Å²) < 4.78 is 8.43. The van der Waals surface area contributed by atoms with Gasteiger partial charge in [-0.2, -0.15) is 0 Å². The number of hydrogen-bond acceptors (Lipinski definition) is 5. The quantitative estimate of drug-likeness (QED) is 0.562. The van der Waals surface area contributed by atoms with Crippen LogP contribution in [-0.4, -0.2) is 36.1 Å². The molecule has 0 aromatic rings. The van der Waals surface area contributed by atoms with Gasteiger partial charge in [0.25, 0.3) is 6.02 Å². The molecule has 2 rings (SSSR count). The molecule has 15 heavy (non-hydrogen) atoms. The zero-order chi connectivity index (χ0) is 10.5. The Bertz CT molecular complexity index is 302. The smallest absolute Gasteiger partial charge is 0.298 e. The minimum Gasteiger partial charge on any atom is -0.451 e. The maximum atomic E-state index is 5.35. The summed E-state index contributed by atoms with van der Waals surface area (Å²) in [5.74, 6) is 5.63. The number of nitrogens with one attached hydrogen (secondary N) is 1. The van der Waals surface area contributed by atoms with Crippen molar-refractivity contribution >= 4 is 18.0 Å². The van der Waals surface area contributed by atoms with Crippen LogP contribution in [0.25, 0.3) is 0 Å². The normalized spacial score (nSPS) is 25.4. The summed E-state index contributed by atoms with van der Waals surface area (Å²) in [7, 11) is 0. The molecule has 0 saturated carbocycles. The van der Waals surface area contributed by atoms with E-state index in [4.69, 9.17) is 4.74 Å². The first-order chi connectivity index (χ1) is 7.40. The van der Waals surface area contributed by atoms with Gasteiger partial charge in [0.15, 0.2) is 12.1 Å². The third-order valence-corrected chi connectivity index (χ3v) is 3.30. The van der Waals surface area contributed by atoms with Gasteiger partial charge in [-0.25, -0.2) is 4.99 Å². The van der Waals surface area contributed by atoms with Crippen LogP contribution in [0.4, 0.5) is 0 Å². The first kappa shape index (κ1) is 10.7. The highest BCUT2D eigenvalue weighted by atomic mass is 32.2. The molecule has 1 atom stereocenters. The van der Waals surface area contributed by atoms with E-state index in [1.165, 1.54) is 12.8 Å². The number of hydrogen-bond donors (Lipinski definition) is 1. The summed E-state index contributed by atoms with van der Waals surface area (Å²) in [6.45, 7) is 4.50.